The van der Waals surface area contributed by atoms with E-state index in [4.69, 9.17) is 27.9 Å². The smallest absolute Gasteiger partial charge is 0.276 e. The standard InChI is InChI=1S/C23H17Cl2N3O2/c24-19-7-4-8-21(22(19)25)30-15-28-14-13-20(27-28)23(29)26-18-11-9-17(10-12-18)16-5-2-1-3-6-16/h1-14H,15H2,(H,26,29). The molecule has 150 valence electrons. The van der Waals surface area contributed by atoms with Crippen molar-refractivity contribution >= 4 is 34.8 Å². The number of carbonyl (C=O) groups excluding carboxylic acids is 1. The van der Waals surface area contributed by atoms with Crippen molar-refractivity contribution in [3.63, 3.8) is 0 Å². The molecule has 4 rings (SSSR count). The summed E-state index contributed by atoms with van der Waals surface area (Å²) in [6, 6.07) is 24.5. The Bertz CT molecular complexity index is 1160. The zero-order valence-electron chi connectivity index (χ0n) is 15.8. The molecule has 1 heterocycles. The zero-order valence-corrected chi connectivity index (χ0v) is 17.3. The zero-order chi connectivity index (χ0) is 20.9. The van der Waals surface area contributed by atoms with E-state index in [0.717, 1.165) is 11.1 Å². The second-order valence-electron chi connectivity index (χ2n) is 6.46. The average Bonchev–Trinajstić information content (AvgIpc) is 3.25. The number of hydrogen-bond donors (Lipinski definition) is 1. The van der Waals surface area contributed by atoms with E-state index in [0.29, 0.717) is 21.5 Å². The molecule has 0 spiro atoms. The first-order valence-corrected chi connectivity index (χ1v) is 9.93. The molecule has 0 saturated carbocycles. The van der Waals surface area contributed by atoms with Crippen LogP contribution in [0.1, 0.15) is 10.5 Å². The number of ether oxygens (including phenoxy) is 1. The van der Waals surface area contributed by atoms with E-state index in [1.54, 1.807) is 30.5 Å². The monoisotopic (exact) mass is 437 g/mol. The quantitative estimate of drug-likeness (QED) is 0.393. The Balaban J connectivity index is 1.37. The van der Waals surface area contributed by atoms with Crippen LogP contribution in [0, 0.1) is 0 Å². The Kier molecular flexibility index (Phi) is 6.02. The van der Waals surface area contributed by atoms with Crippen molar-refractivity contribution in [3.8, 4) is 16.9 Å². The van der Waals surface area contributed by atoms with Crippen molar-refractivity contribution in [2.75, 3.05) is 5.32 Å². The Morgan fingerprint density at radius 2 is 1.63 bits per heavy atom. The Hall–Kier alpha value is -3.28. The fourth-order valence-corrected chi connectivity index (χ4v) is 3.20. The first-order valence-electron chi connectivity index (χ1n) is 9.17. The summed E-state index contributed by atoms with van der Waals surface area (Å²) >= 11 is 12.1. The molecule has 5 nitrogen and oxygen atoms in total. The summed E-state index contributed by atoms with van der Waals surface area (Å²) in [5.74, 6) is 0.145. The number of benzene rings is 3. The van der Waals surface area contributed by atoms with Crippen LogP contribution < -0.4 is 10.1 Å². The van der Waals surface area contributed by atoms with E-state index in [1.165, 1.54) is 4.68 Å². The van der Waals surface area contributed by atoms with Gasteiger partial charge in [-0.2, -0.15) is 5.10 Å². The van der Waals surface area contributed by atoms with Crippen LogP contribution in [-0.2, 0) is 6.73 Å². The maximum Gasteiger partial charge on any atom is 0.276 e. The van der Waals surface area contributed by atoms with Crippen molar-refractivity contribution in [1.82, 2.24) is 9.78 Å². The van der Waals surface area contributed by atoms with Gasteiger partial charge in [0, 0.05) is 11.9 Å². The molecule has 0 radical (unpaired) electrons. The van der Waals surface area contributed by atoms with Crippen LogP contribution in [0.3, 0.4) is 0 Å². The van der Waals surface area contributed by atoms with Gasteiger partial charge in [-0.25, -0.2) is 4.68 Å². The van der Waals surface area contributed by atoms with Gasteiger partial charge in [0.15, 0.2) is 12.4 Å². The molecule has 0 atom stereocenters. The molecule has 7 heteroatoms. The number of rotatable bonds is 6. The molecule has 0 unspecified atom stereocenters. The lowest BCUT2D eigenvalue weighted by molar-refractivity contribution is 0.102. The highest BCUT2D eigenvalue weighted by Gasteiger charge is 2.11. The number of carbonyl (C=O) groups is 1. The van der Waals surface area contributed by atoms with E-state index in [2.05, 4.69) is 10.4 Å². The largest absolute Gasteiger partial charge is 0.470 e. The minimum absolute atomic E-state index is 0.0963. The molecule has 0 bridgehead atoms. The summed E-state index contributed by atoms with van der Waals surface area (Å²) < 4.78 is 7.13. The van der Waals surface area contributed by atoms with Gasteiger partial charge in [0.2, 0.25) is 0 Å². The molecule has 0 fully saturated rings. The van der Waals surface area contributed by atoms with Crippen LogP contribution >= 0.6 is 23.2 Å². The normalized spacial score (nSPS) is 10.6. The van der Waals surface area contributed by atoms with E-state index in [9.17, 15) is 4.79 Å². The number of halogens is 2. The summed E-state index contributed by atoms with van der Waals surface area (Å²) in [6.07, 6.45) is 1.66. The highest BCUT2D eigenvalue weighted by atomic mass is 35.5. The van der Waals surface area contributed by atoms with Crippen LogP contribution in [0.15, 0.2) is 85.1 Å². The van der Waals surface area contributed by atoms with Gasteiger partial charge >= 0.3 is 0 Å². The number of nitrogens with one attached hydrogen (secondary N) is 1. The van der Waals surface area contributed by atoms with E-state index in [1.807, 2.05) is 54.6 Å². The van der Waals surface area contributed by atoms with E-state index < -0.39 is 0 Å². The molecular formula is C23H17Cl2N3O2. The van der Waals surface area contributed by atoms with Gasteiger partial charge in [-0.05, 0) is 41.5 Å². The molecule has 0 aliphatic heterocycles. The fourth-order valence-electron chi connectivity index (χ4n) is 2.86. The van der Waals surface area contributed by atoms with Crippen LogP contribution in [0.5, 0.6) is 5.75 Å². The first-order chi connectivity index (χ1) is 14.6. The van der Waals surface area contributed by atoms with Gasteiger partial charge in [-0.1, -0.05) is 71.7 Å². The van der Waals surface area contributed by atoms with Gasteiger partial charge in [0.05, 0.1) is 5.02 Å². The molecule has 3 aromatic carbocycles. The summed E-state index contributed by atoms with van der Waals surface area (Å²) in [5, 5.41) is 7.84. The average molecular weight is 438 g/mol. The summed E-state index contributed by atoms with van der Waals surface area (Å²) in [7, 11) is 0. The second-order valence-corrected chi connectivity index (χ2v) is 7.25. The van der Waals surface area contributed by atoms with Crippen LogP contribution in [0.2, 0.25) is 10.0 Å². The third-order valence-corrected chi connectivity index (χ3v) is 5.19. The number of amides is 1. The molecule has 0 saturated heterocycles. The lowest BCUT2D eigenvalue weighted by atomic mass is 10.1. The predicted molar refractivity (Wildman–Crippen MR) is 119 cm³/mol. The number of hydrogen-bond acceptors (Lipinski definition) is 3. The third kappa shape index (κ3) is 4.64. The maximum absolute atomic E-state index is 12.5. The van der Waals surface area contributed by atoms with Crippen molar-refractivity contribution in [1.29, 1.82) is 0 Å². The van der Waals surface area contributed by atoms with Crippen LogP contribution in [-0.4, -0.2) is 15.7 Å². The van der Waals surface area contributed by atoms with Crippen molar-refractivity contribution in [3.05, 3.63) is 101 Å². The minimum atomic E-state index is -0.304. The van der Waals surface area contributed by atoms with Gasteiger partial charge in [0.25, 0.3) is 5.91 Å². The van der Waals surface area contributed by atoms with Crippen molar-refractivity contribution in [2.24, 2.45) is 0 Å². The van der Waals surface area contributed by atoms with Gasteiger partial charge in [-0.15, -0.1) is 0 Å². The Labute approximate surface area is 183 Å². The van der Waals surface area contributed by atoms with E-state index >= 15 is 0 Å². The topological polar surface area (TPSA) is 56.2 Å². The molecule has 0 aliphatic carbocycles. The molecular weight excluding hydrogens is 421 g/mol. The minimum Gasteiger partial charge on any atom is -0.470 e. The first kappa shape index (κ1) is 20.0. The lowest BCUT2D eigenvalue weighted by Crippen LogP contribution is -2.14. The maximum atomic E-state index is 12.5. The van der Waals surface area contributed by atoms with Crippen LogP contribution in [0.4, 0.5) is 5.69 Å². The third-order valence-electron chi connectivity index (χ3n) is 4.39. The predicted octanol–water partition coefficient (Wildman–Crippen LogP) is 6.15. The SMILES string of the molecule is O=C(Nc1ccc(-c2ccccc2)cc1)c1ccn(COc2cccc(Cl)c2Cl)n1. The number of anilines is 1. The lowest BCUT2D eigenvalue weighted by Gasteiger charge is -2.08. The van der Waals surface area contributed by atoms with Gasteiger partial charge in [-0.3, -0.25) is 4.79 Å². The highest BCUT2D eigenvalue weighted by Crippen LogP contribution is 2.31. The molecule has 4 aromatic rings. The molecule has 0 aliphatic rings. The molecule has 1 aromatic heterocycles. The van der Waals surface area contributed by atoms with Crippen molar-refractivity contribution in [2.45, 2.75) is 6.73 Å². The Morgan fingerprint density at radius 3 is 2.40 bits per heavy atom. The van der Waals surface area contributed by atoms with Gasteiger partial charge in [0.1, 0.15) is 10.8 Å². The van der Waals surface area contributed by atoms with Gasteiger partial charge < -0.3 is 10.1 Å². The highest BCUT2D eigenvalue weighted by molar-refractivity contribution is 6.42. The molecule has 1 N–H and O–H groups in total. The fraction of sp³-hybridized carbons (Fsp3) is 0.0435. The summed E-state index contributed by atoms with van der Waals surface area (Å²) in [4.78, 5) is 12.5. The number of aromatic nitrogens is 2. The molecule has 1 amide bonds. The second kappa shape index (κ2) is 9.03. The van der Waals surface area contributed by atoms with Crippen LogP contribution in [0.25, 0.3) is 11.1 Å². The summed E-state index contributed by atoms with van der Waals surface area (Å²) in [6.45, 7) is 0.0963. The summed E-state index contributed by atoms with van der Waals surface area (Å²) in [5.41, 5.74) is 3.17. The number of nitrogens with zero attached hydrogens (tertiary/aromatic N) is 2. The Morgan fingerprint density at radius 1 is 0.900 bits per heavy atom. The van der Waals surface area contributed by atoms with E-state index in [-0.39, 0.29) is 18.3 Å². The van der Waals surface area contributed by atoms with Crippen molar-refractivity contribution < 1.29 is 9.53 Å². The molecule has 30 heavy (non-hydrogen) atoms.